The van der Waals surface area contributed by atoms with Crippen molar-refractivity contribution in [1.29, 1.82) is 0 Å². The van der Waals surface area contributed by atoms with Crippen LogP contribution in [0.25, 0.3) is 0 Å². The van der Waals surface area contributed by atoms with Crippen molar-refractivity contribution in [3.05, 3.63) is 29.3 Å². The quantitative estimate of drug-likeness (QED) is 0.751. The molecule has 1 aromatic carbocycles. The van der Waals surface area contributed by atoms with E-state index in [1.165, 1.54) is 19.2 Å². The van der Waals surface area contributed by atoms with Gasteiger partial charge in [0.15, 0.2) is 0 Å². The Kier molecular flexibility index (Phi) is 3.48. The van der Waals surface area contributed by atoms with Crippen LogP contribution in [-0.4, -0.2) is 29.9 Å². The molecular weight excluding hydrogens is 184 g/mol. The fraction of sp³-hybridized carbons (Fsp3) is 0.300. The van der Waals surface area contributed by atoms with Gasteiger partial charge in [0.05, 0.1) is 12.7 Å². The molecule has 76 valence electrons. The van der Waals surface area contributed by atoms with Crippen LogP contribution in [0.15, 0.2) is 18.2 Å². The summed E-state index contributed by atoms with van der Waals surface area (Å²) in [5.41, 5.74) is 0.989. The maximum absolute atomic E-state index is 10.6. The Morgan fingerprint density at radius 2 is 2.21 bits per heavy atom. The second-order valence-corrected chi connectivity index (χ2v) is 2.81. The van der Waals surface area contributed by atoms with E-state index in [0.29, 0.717) is 12.2 Å². The summed E-state index contributed by atoms with van der Waals surface area (Å²) in [6.07, 6.45) is 0.461. The molecule has 0 amide bonds. The van der Waals surface area contributed by atoms with E-state index in [9.17, 15) is 4.79 Å². The van der Waals surface area contributed by atoms with Gasteiger partial charge in [-0.25, -0.2) is 4.79 Å². The minimum atomic E-state index is -0.987. The number of hydrogen-bond acceptors (Lipinski definition) is 3. The number of carboxylic acids is 1. The fourth-order valence-electron chi connectivity index (χ4n) is 1.20. The standard InChI is InChI=1S/C10H12O4/c1-14-9-6-8(10(12)13)3-2-7(9)4-5-11/h2-3,6,11H,4-5H2,1H3,(H,12,13). The molecule has 2 N–H and O–H groups in total. The van der Waals surface area contributed by atoms with Crippen molar-refractivity contribution < 1.29 is 19.7 Å². The van der Waals surface area contributed by atoms with Gasteiger partial charge >= 0.3 is 5.97 Å². The molecule has 0 saturated carbocycles. The van der Waals surface area contributed by atoms with Gasteiger partial charge in [-0.15, -0.1) is 0 Å². The van der Waals surface area contributed by atoms with Crippen LogP contribution < -0.4 is 4.74 Å². The molecule has 4 heteroatoms. The average molecular weight is 196 g/mol. The van der Waals surface area contributed by atoms with Crippen molar-refractivity contribution in [1.82, 2.24) is 0 Å². The third kappa shape index (κ3) is 2.23. The summed E-state index contributed by atoms with van der Waals surface area (Å²) >= 11 is 0. The van der Waals surface area contributed by atoms with Crippen LogP contribution in [0.4, 0.5) is 0 Å². The highest BCUT2D eigenvalue weighted by Gasteiger charge is 2.07. The minimum absolute atomic E-state index is 0.0166. The predicted octanol–water partition coefficient (Wildman–Crippen LogP) is 0.928. The third-order valence-electron chi connectivity index (χ3n) is 1.92. The van der Waals surface area contributed by atoms with Crippen LogP contribution in [0.2, 0.25) is 0 Å². The monoisotopic (exact) mass is 196 g/mol. The fourth-order valence-corrected chi connectivity index (χ4v) is 1.20. The number of carboxylic acid groups (broad SMARTS) is 1. The first-order chi connectivity index (χ1) is 6.69. The molecule has 1 rings (SSSR count). The highest BCUT2D eigenvalue weighted by Crippen LogP contribution is 2.20. The second-order valence-electron chi connectivity index (χ2n) is 2.81. The van der Waals surface area contributed by atoms with Gasteiger partial charge in [-0.3, -0.25) is 0 Å². The van der Waals surface area contributed by atoms with Crippen molar-refractivity contribution in [2.45, 2.75) is 6.42 Å². The van der Waals surface area contributed by atoms with Gasteiger partial charge in [0.25, 0.3) is 0 Å². The maximum atomic E-state index is 10.6. The van der Waals surface area contributed by atoms with Crippen molar-refractivity contribution in [3.63, 3.8) is 0 Å². The number of hydrogen-bond donors (Lipinski definition) is 2. The number of aromatic carboxylic acids is 1. The summed E-state index contributed by atoms with van der Waals surface area (Å²) in [4.78, 5) is 10.6. The van der Waals surface area contributed by atoms with Crippen LogP contribution in [0.1, 0.15) is 15.9 Å². The summed E-state index contributed by atoms with van der Waals surface area (Å²) in [5, 5.41) is 17.5. The van der Waals surface area contributed by atoms with E-state index in [1.54, 1.807) is 6.07 Å². The molecule has 0 aliphatic heterocycles. The molecule has 0 heterocycles. The first-order valence-electron chi connectivity index (χ1n) is 4.20. The highest BCUT2D eigenvalue weighted by atomic mass is 16.5. The first kappa shape index (κ1) is 10.5. The Morgan fingerprint density at radius 3 is 2.71 bits per heavy atom. The van der Waals surface area contributed by atoms with Gasteiger partial charge in [0.1, 0.15) is 5.75 Å². The van der Waals surface area contributed by atoms with Gasteiger partial charge in [-0.2, -0.15) is 0 Å². The van der Waals surface area contributed by atoms with Crippen molar-refractivity contribution in [2.24, 2.45) is 0 Å². The third-order valence-corrected chi connectivity index (χ3v) is 1.92. The van der Waals surface area contributed by atoms with Crippen molar-refractivity contribution >= 4 is 5.97 Å². The molecule has 0 unspecified atom stereocenters. The highest BCUT2D eigenvalue weighted by molar-refractivity contribution is 5.88. The summed E-state index contributed by atoms with van der Waals surface area (Å²) in [7, 11) is 1.47. The van der Waals surface area contributed by atoms with Crippen molar-refractivity contribution in [3.8, 4) is 5.75 Å². The zero-order valence-corrected chi connectivity index (χ0v) is 7.86. The van der Waals surface area contributed by atoms with E-state index < -0.39 is 5.97 Å². The number of ether oxygens (including phenoxy) is 1. The number of aliphatic hydroxyl groups is 1. The van der Waals surface area contributed by atoms with E-state index in [-0.39, 0.29) is 12.2 Å². The van der Waals surface area contributed by atoms with Gasteiger partial charge in [-0.1, -0.05) is 6.07 Å². The smallest absolute Gasteiger partial charge is 0.335 e. The van der Waals surface area contributed by atoms with Crippen LogP contribution in [0.3, 0.4) is 0 Å². The van der Waals surface area contributed by atoms with Crippen LogP contribution >= 0.6 is 0 Å². The van der Waals surface area contributed by atoms with E-state index >= 15 is 0 Å². The Labute approximate surface area is 81.8 Å². The molecule has 0 fully saturated rings. The van der Waals surface area contributed by atoms with E-state index in [4.69, 9.17) is 14.9 Å². The molecule has 0 atom stereocenters. The molecule has 0 aliphatic rings. The number of rotatable bonds is 4. The van der Waals surface area contributed by atoms with Gasteiger partial charge < -0.3 is 14.9 Å². The Hall–Kier alpha value is -1.55. The summed E-state index contributed by atoms with van der Waals surface area (Å²) < 4.78 is 5.01. The van der Waals surface area contributed by atoms with Gasteiger partial charge in [-0.05, 0) is 24.1 Å². The Bertz CT molecular complexity index is 333. The van der Waals surface area contributed by atoms with Crippen LogP contribution in [-0.2, 0) is 6.42 Å². The Balaban J connectivity index is 3.04. The number of carbonyl (C=O) groups is 1. The molecule has 14 heavy (non-hydrogen) atoms. The number of benzene rings is 1. The lowest BCUT2D eigenvalue weighted by Crippen LogP contribution is -2.00. The van der Waals surface area contributed by atoms with Crippen LogP contribution in [0, 0.1) is 0 Å². The lowest BCUT2D eigenvalue weighted by Gasteiger charge is -2.07. The molecule has 0 saturated heterocycles. The second kappa shape index (κ2) is 4.62. The average Bonchev–Trinajstić information content (AvgIpc) is 2.18. The Morgan fingerprint density at radius 1 is 1.50 bits per heavy atom. The molecule has 0 bridgehead atoms. The van der Waals surface area contributed by atoms with E-state index in [1.807, 2.05) is 0 Å². The topological polar surface area (TPSA) is 66.8 Å². The first-order valence-corrected chi connectivity index (χ1v) is 4.20. The van der Waals surface area contributed by atoms with E-state index in [2.05, 4.69) is 0 Å². The lowest BCUT2D eigenvalue weighted by atomic mass is 10.1. The zero-order chi connectivity index (χ0) is 10.6. The SMILES string of the molecule is COc1cc(C(=O)O)ccc1CCO. The molecule has 1 aromatic rings. The lowest BCUT2D eigenvalue weighted by molar-refractivity contribution is 0.0696. The molecule has 0 radical (unpaired) electrons. The molecular formula is C10H12O4. The molecule has 0 spiro atoms. The normalized spacial score (nSPS) is 9.86. The summed E-state index contributed by atoms with van der Waals surface area (Å²) in [6.45, 7) is 0.0166. The molecule has 4 nitrogen and oxygen atoms in total. The summed E-state index contributed by atoms with van der Waals surface area (Å²) in [5.74, 6) is -0.488. The zero-order valence-electron chi connectivity index (χ0n) is 7.86. The molecule has 0 aromatic heterocycles. The largest absolute Gasteiger partial charge is 0.496 e. The van der Waals surface area contributed by atoms with Crippen molar-refractivity contribution in [2.75, 3.05) is 13.7 Å². The maximum Gasteiger partial charge on any atom is 0.335 e. The van der Waals surface area contributed by atoms with Gasteiger partial charge in [0.2, 0.25) is 0 Å². The van der Waals surface area contributed by atoms with Crippen LogP contribution in [0.5, 0.6) is 5.75 Å². The van der Waals surface area contributed by atoms with E-state index in [0.717, 1.165) is 5.56 Å². The van der Waals surface area contributed by atoms with Gasteiger partial charge in [0, 0.05) is 6.61 Å². The predicted molar refractivity (Wildman–Crippen MR) is 50.7 cm³/mol. The summed E-state index contributed by atoms with van der Waals surface area (Å²) in [6, 6.07) is 4.60. The minimum Gasteiger partial charge on any atom is -0.496 e. The number of aliphatic hydroxyl groups excluding tert-OH is 1. The number of methoxy groups -OCH3 is 1. The molecule has 0 aliphatic carbocycles.